The van der Waals surface area contributed by atoms with E-state index < -0.39 is 15.6 Å². The molecular formula is C12H19N3O2S. The van der Waals surface area contributed by atoms with E-state index in [2.05, 4.69) is 14.6 Å². The van der Waals surface area contributed by atoms with Gasteiger partial charge in [-0.3, -0.25) is 0 Å². The average molecular weight is 269 g/mol. The van der Waals surface area contributed by atoms with Gasteiger partial charge >= 0.3 is 0 Å². The normalized spacial score (nSPS) is 16.5. The maximum absolute atomic E-state index is 12.1. The van der Waals surface area contributed by atoms with Crippen LogP contribution in [0.1, 0.15) is 27.2 Å². The molecule has 6 heteroatoms. The third-order valence-electron chi connectivity index (χ3n) is 2.60. The molecule has 1 aromatic rings. The first-order valence-electron chi connectivity index (χ1n) is 6.04. The van der Waals surface area contributed by atoms with Crippen LogP contribution in [0.15, 0.2) is 23.2 Å². The second-order valence-corrected chi connectivity index (χ2v) is 7.16. The fraction of sp³-hybridized carbons (Fsp3) is 0.583. The van der Waals surface area contributed by atoms with E-state index >= 15 is 0 Å². The van der Waals surface area contributed by atoms with Gasteiger partial charge in [-0.05, 0) is 39.3 Å². The zero-order chi connectivity index (χ0) is 13.4. The van der Waals surface area contributed by atoms with Crippen LogP contribution in [0.5, 0.6) is 0 Å². The van der Waals surface area contributed by atoms with Crippen molar-refractivity contribution >= 4 is 15.8 Å². The summed E-state index contributed by atoms with van der Waals surface area (Å²) < 4.78 is 26.9. The fourth-order valence-electron chi connectivity index (χ4n) is 1.73. The molecule has 18 heavy (non-hydrogen) atoms. The average Bonchev–Trinajstić information content (AvgIpc) is 2.11. The Balaban J connectivity index is 2.27. The van der Waals surface area contributed by atoms with Crippen LogP contribution in [-0.4, -0.2) is 32.0 Å². The van der Waals surface area contributed by atoms with Crippen LogP contribution < -0.4 is 9.62 Å². The van der Waals surface area contributed by atoms with E-state index in [0.29, 0.717) is 0 Å². The molecule has 0 radical (unpaired) electrons. The molecule has 0 aliphatic carbocycles. The highest BCUT2D eigenvalue weighted by atomic mass is 32.2. The van der Waals surface area contributed by atoms with Gasteiger partial charge in [0.05, 0.1) is 0 Å². The van der Waals surface area contributed by atoms with Crippen molar-refractivity contribution < 1.29 is 8.42 Å². The maximum Gasteiger partial charge on any atom is 0.258 e. The predicted molar refractivity (Wildman–Crippen MR) is 71.1 cm³/mol. The Labute approximate surface area is 108 Å². The van der Waals surface area contributed by atoms with Crippen LogP contribution >= 0.6 is 0 Å². The lowest BCUT2D eigenvalue weighted by Crippen LogP contribution is -2.41. The molecule has 1 saturated heterocycles. The molecular weight excluding hydrogens is 250 g/mol. The quantitative estimate of drug-likeness (QED) is 0.900. The highest BCUT2D eigenvalue weighted by Crippen LogP contribution is 2.20. The molecule has 0 aromatic carbocycles. The molecule has 2 heterocycles. The largest absolute Gasteiger partial charge is 0.356 e. The number of nitrogens with one attached hydrogen (secondary N) is 1. The Morgan fingerprint density at radius 3 is 2.44 bits per heavy atom. The number of aromatic nitrogens is 1. The second-order valence-electron chi connectivity index (χ2n) is 5.53. The smallest absolute Gasteiger partial charge is 0.258 e. The third kappa shape index (κ3) is 3.00. The van der Waals surface area contributed by atoms with Crippen LogP contribution in [-0.2, 0) is 10.0 Å². The Morgan fingerprint density at radius 2 is 1.94 bits per heavy atom. The summed E-state index contributed by atoms with van der Waals surface area (Å²) >= 11 is 0. The molecule has 0 saturated carbocycles. The molecule has 1 aliphatic rings. The highest BCUT2D eigenvalue weighted by molar-refractivity contribution is 7.89. The summed E-state index contributed by atoms with van der Waals surface area (Å²) in [7, 11) is -3.55. The van der Waals surface area contributed by atoms with Crippen molar-refractivity contribution in [2.75, 3.05) is 18.0 Å². The first-order chi connectivity index (χ1) is 8.28. The molecule has 0 spiro atoms. The van der Waals surface area contributed by atoms with E-state index in [0.717, 1.165) is 25.3 Å². The molecule has 0 amide bonds. The lowest BCUT2D eigenvalue weighted by atomic mass is 10.1. The van der Waals surface area contributed by atoms with Gasteiger partial charge in [-0.15, -0.1) is 0 Å². The van der Waals surface area contributed by atoms with E-state index in [-0.39, 0.29) is 5.03 Å². The molecule has 0 unspecified atom stereocenters. The maximum atomic E-state index is 12.1. The van der Waals surface area contributed by atoms with E-state index in [4.69, 9.17) is 0 Å². The minimum atomic E-state index is -3.55. The van der Waals surface area contributed by atoms with E-state index in [9.17, 15) is 8.42 Å². The Bertz CT molecular complexity index is 530. The molecule has 1 aromatic heterocycles. The summed E-state index contributed by atoms with van der Waals surface area (Å²) in [4.78, 5) is 6.29. The number of hydrogen-bond acceptors (Lipinski definition) is 4. The SMILES string of the molecule is CC(C)(C)NS(=O)(=O)c1cccc(N2CCC2)n1. The number of sulfonamides is 1. The van der Waals surface area contributed by atoms with E-state index in [1.165, 1.54) is 6.07 Å². The van der Waals surface area contributed by atoms with Gasteiger partial charge in [0.1, 0.15) is 5.82 Å². The van der Waals surface area contributed by atoms with Gasteiger partial charge in [0.25, 0.3) is 10.0 Å². The fourth-order valence-corrected chi connectivity index (χ4v) is 3.11. The highest BCUT2D eigenvalue weighted by Gasteiger charge is 2.24. The zero-order valence-electron chi connectivity index (χ0n) is 11.0. The molecule has 2 rings (SSSR count). The van der Waals surface area contributed by atoms with Crippen molar-refractivity contribution in [1.82, 2.24) is 9.71 Å². The van der Waals surface area contributed by atoms with Gasteiger partial charge in [0, 0.05) is 18.6 Å². The van der Waals surface area contributed by atoms with Crippen molar-refractivity contribution in [2.24, 2.45) is 0 Å². The van der Waals surface area contributed by atoms with Crippen LogP contribution in [0.25, 0.3) is 0 Å². The Morgan fingerprint density at radius 1 is 1.28 bits per heavy atom. The first kappa shape index (κ1) is 13.3. The molecule has 0 bridgehead atoms. The predicted octanol–water partition coefficient (Wildman–Crippen LogP) is 1.37. The standard InChI is InChI=1S/C12H19N3O2S/c1-12(2,3)14-18(16,17)11-7-4-6-10(13-11)15-8-5-9-15/h4,6-7,14H,5,8-9H2,1-3H3. The third-order valence-corrected chi connectivity index (χ3v) is 4.26. The summed E-state index contributed by atoms with van der Waals surface area (Å²) in [5.74, 6) is 0.734. The molecule has 1 N–H and O–H groups in total. The van der Waals surface area contributed by atoms with E-state index in [1.807, 2.05) is 26.8 Å². The molecule has 100 valence electrons. The Kier molecular flexibility index (Phi) is 3.33. The topological polar surface area (TPSA) is 62.3 Å². The minimum Gasteiger partial charge on any atom is -0.356 e. The number of nitrogens with zero attached hydrogens (tertiary/aromatic N) is 2. The van der Waals surface area contributed by atoms with Gasteiger partial charge < -0.3 is 4.90 Å². The molecule has 5 nitrogen and oxygen atoms in total. The van der Waals surface area contributed by atoms with E-state index in [1.54, 1.807) is 6.07 Å². The monoisotopic (exact) mass is 269 g/mol. The van der Waals surface area contributed by atoms with Gasteiger partial charge in [0.2, 0.25) is 0 Å². The van der Waals surface area contributed by atoms with Crippen molar-refractivity contribution in [3.63, 3.8) is 0 Å². The summed E-state index contributed by atoms with van der Waals surface area (Å²) in [5, 5.41) is 0.0850. The number of anilines is 1. The van der Waals surface area contributed by atoms with Crippen LogP contribution in [0.3, 0.4) is 0 Å². The van der Waals surface area contributed by atoms with Gasteiger partial charge in [-0.2, -0.15) is 0 Å². The summed E-state index contributed by atoms with van der Waals surface area (Å²) in [6.45, 7) is 7.32. The second kappa shape index (κ2) is 4.51. The van der Waals surface area contributed by atoms with Gasteiger partial charge in [-0.1, -0.05) is 6.07 Å². The number of pyridine rings is 1. The lowest BCUT2D eigenvalue weighted by Gasteiger charge is -2.32. The van der Waals surface area contributed by atoms with Gasteiger partial charge in [0.15, 0.2) is 5.03 Å². The van der Waals surface area contributed by atoms with Crippen LogP contribution in [0.4, 0.5) is 5.82 Å². The molecule has 1 fully saturated rings. The minimum absolute atomic E-state index is 0.0850. The zero-order valence-corrected chi connectivity index (χ0v) is 11.8. The van der Waals surface area contributed by atoms with Crippen molar-refractivity contribution in [3.05, 3.63) is 18.2 Å². The van der Waals surface area contributed by atoms with Crippen LogP contribution in [0, 0.1) is 0 Å². The van der Waals surface area contributed by atoms with Crippen molar-refractivity contribution in [3.8, 4) is 0 Å². The summed E-state index contributed by atoms with van der Waals surface area (Å²) in [5.41, 5.74) is -0.507. The lowest BCUT2D eigenvalue weighted by molar-refractivity contribution is 0.489. The van der Waals surface area contributed by atoms with Crippen LogP contribution in [0.2, 0.25) is 0 Å². The summed E-state index contributed by atoms with van der Waals surface area (Å²) in [6, 6.07) is 5.10. The molecule has 0 atom stereocenters. The van der Waals surface area contributed by atoms with Crippen molar-refractivity contribution in [2.45, 2.75) is 37.8 Å². The summed E-state index contributed by atoms with van der Waals surface area (Å²) in [6.07, 6.45) is 1.14. The molecule has 1 aliphatic heterocycles. The first-order valence-corrected chi connectivity index (χ1v) is 7.52. The van der Waals surface area contributed by atoms with Crippen molar-refractivity contribution in [1.29, 1.82) is 0 Å². The Hall–Kier alpha value is -1.14. The number of rotatable bonds is 3. The number of hydrogen-bond donors (Lipinski definition) is 1. The van der Waals surface area contributed by atoms with Gasteiger partial charge in [-0.25, -0.2) is 18.1 Å².